The second-order valence-electron chi connectivity index (χ2n) is 4.21. The summed E-state index contributed by atoms with van der Waals surface area (Å²) < 4.78 is 0. The molecule has 0 aliphatic carbocycles. The minimum atomic E-state index is 0.388. The van der Waals surface area contributed by atoms with Gasteiger partial charge in [0.25, 0.3) is 0 Å². The van der Waals surface area contributed by atoms with Crippen LogP contribution in [0, 0.1) is 6.92 Å². The SMILES string of the molecule is Cc1ccccc1CN1CC[C@H](N)C1. The number of nitrogens with zero attached hydrogens (tertiary/aromatic N) is 1. The van der Waals surface area contributed by atoms with Gasteiger partial charge in [0.1, 0.15) is 0 Å². The average Bonchev–Trinajstić information content (AvgIpc) is 2.56. The first-order chi connectivity index (χ1) is 6.75. The first-order valence-corrected chi connectivity index (χ1v) is 5.28. The average molecular weight is 190 g/mol. The predicted octanol–water partition coefficient (Wildman–Crippen LogP) is 1.53. The van der Waals surface area contributed by atoms with Crippen molar-refractivity contribution in [1.29, 1.82) is 0 Å². The highest BCUT2D eigenvalue weighted by molar-refractivity contribution is 5.25. The Labute approximate surface area is 85.7 Å². The first-order valence-electron chi connectivity index (χ1n) is 5.28. The van der Waals surface area contributed by atoms with E-state index < -0.39 is 0 Å². The minimum absolute atomic E-state index is 0.388. The molecular weight excluding hydrogens is 172 g/mol. The maximum absolute atomic E-state index is 5.88. The van der Waals surface area contributed by atoms with Crippen molar-refractivity contribution >= 4 is 0 Å². The third-order valence-electron chi connectivity index (χ3n) is 2.96. The van der Waals surface area contributed by atoms with Crippen molar-refractivity contribution in [3.8, 4) is 0 Å². The summed E-state index contributed by atoms with van der Waals surface area (Å²) in [6.07, 6.45) is 1.14. The van der Waals surface area contributed by atoms with Crippen LogP contribution in [0.1, 0.15) is 17.5 Å². The van der Waals surface area contributed by atoms with Gasteiger partial charge < -0.3 is 5.73 Å². The van der Waals surface area contributed by atoms with Crippen LogP contribution in [-0.4, -0.2) is 24.0 Å². The lowest BCUT2D eigenvalue weighted by molar-refractivity contribution is 0.326. The molecule has 1 heterocycles. The van der Waals surface area contributed by atoms with Gasteiger partial charge in [0.05, 0.1) is 0 Å². The van der Waals surface area contributed by atoms with E-state index in [1.54, 1.807) is 0 Å². The zero-order chi connectivity index (χ0) is 9.97. The summed E-state index contributed by atoms with van der Waals surface area (Å²) in [5.41, 5.74) is 8.69. The number of rotatable bonds is 2. The normalized spacial score (nSPS) is 22.9. The van der Waals surface area contributed by atoms with Crippen LogP contribution < -0.4 is 5.73 Å². The summed E-state index contributed by atoms with van der Waals surface area (Å²) in [6, 6.07) is 8.97. The summed E-state index contributed by atoms with van der Waals surface area (Å²) in [5, 5.41) is 0. The van der Waals surface area contributed by atoms with Crippen molar-refractivity contribution in [2.45, 2.75) is 25.9 Å². The topological polar surface area (TPSA) is 29.3 Å². The van der Waals surface area contributed by atoms with Gasteiger partial charge >= 0.3 is 0 Å². The molecule has 1 saturated heterocycles. The Kier molecular flexibility index (Phi) is 2.85. The van der Waals surface area contributed by atoms with E-state index in [2.05, 4.69) is 36.1 Å². The van der Waals surface area contributed by atoms with Crippen LogP contribution >= 0.6 is 0 Å². The highest BCUT2D eigenvalue weighted by atomic mass is 15.2. The second kappa shape index (κ2) is 4.11. The van der Waals surface area contributed by atoms with Crippen LogP contribution in [0.25, 0.3) is 0 Å². The first kappa shape index (κ1) is 9.69. The van der Waals surface area contributed by atoms with Gasteiger partial charge in [0, 0.05) is 25.7 Å². The largest absolute Gasteiger partial charge is 0.326 e. The molecule has 0 unspecified atom stereocenters. The quantitative estimate of drug-likeness (QED) is 0.766. The molecule has 0 amide bonds. The lowest BCUT2D eigenvalue weighted by atomic mass is 10.1. The Balaban J connectivity index is 2.01. The number of likely N-dealkylation sites (tertiary alicyclic amines) is 1. The number of nitrogens with two attached hydrogens (primary N) is 1. The molecule has 0 bridgehead atoms. The van der Waals surface area contributed by atoms with Crippen LogP contribution in [0.3, 0.4) is 0 Å². The molecule has 1 aromatic carbocycles. The molecule has 1 aliphatic rings. The van der Waals surface area contributed by atoms with Gasteiger partial charge in [0.2, 0.25) is 0 Å². The van der Waals surface area contributed by atoms with Gasteiger partial charge in [-0.15, -0.1) is 0 Å². The van der Waals surface area contributed by atoms with Crippen LogP contribution in [0.2, 0.25) is 0 Å². The molecule has 0 saturated carbocycles. The number of hydrogen-bond donors (Lipinski definition) is 1. The van der Waals surface area contributed by atoms with Crippen molar-refractivity contribution in [1.82, 2.24) is 4.90 Å². The Bertz CT molecular complexity index is 309. The molecule has 0 aromatic heterocycles. The van der Waals surface area contributed by atoms with Gasteiger partial charge in [0.15, 0.2) is 0 Å². The van der Waals surface area contributed by atoms with E-state index >= 15 is 0 Å². The molecule has 2 rings (SSSR count). The second-order valence-corrected chi connectivity index (χ2v) is 4.21. The Hall–Kier alpha value is -0.860. The molecule has 2 nitrogen and oxygen atoms in total. The molecule has 2 heteroatoms. The Morgan fingerprint density at radius 2 is 2.21 bits per heavy atom. The van der Waals surface area contributed by atoms with Crippen LogP contribution in [0.4, 0.5) is 0 Å². The summed E-state index contributed by atoms with van der Waals surface area (Å²) in [6.45, 7) is 5.43. The van der Waals surface area contributed by atoms with Crippen LogP contribution in [-0.2, 0) is 6.54 Å². The van der Waals surface area contributed by atoms with Crippen molar-refractivity contribution in [2.24, 2.45) is 5.73 Å². The minimum Gasteiger partial charge on any atom is -0.326 e. The van der Waals surface area contributed by atoms with Gasteiger partial charge in [-0.3, -0.25) is 4.90 Å². The fourth-order valence-electron chi connectivity index (χ4n) is 2.03. The lowest BCUT2D eigenvalue weighted by Gasteiger charge is -2.16. The van der Waals surface area contributed by atoms with E-state index in [0.717, 1.165) is 26.1 Å². The zero-order valence-corrected chi connectivity index (χ0v) is 8.74. The number of benzene rings is 1. The van der Waals surface area contributed by atoms with Gasteiger partial charge in [-0.2, -0.15) is 0 Å². The smallest absolute Gasteiger partial charge is 0.0237 e. The van der Waals surface area contributed by atoms with Crippen molar-refractivity contribution in [2.75, 3.05) is 13.1 Å². The lowest BCUT2D eigenvalue weighted by Crippen LogP contribution is -2.26. The van der Waals surface area contributed by atoms with E-state index in [1.165, 1.54) is 11.1 Å². The fraction of sp³-hybridized carbons (Fsp3) is 0.500. The third-order valence-corrected chi connectivity index (χ3v) is 2.96. The molecule has 1 aromatic rings. The van der Waals surface area contributed by atoms with E-state index in [0.29, 0.717) is 6.04 Å². The summed E-state index contributed by atoms with van der Waals surface area (Å²) >= 11 is 0. The Morgan fingerprint density at radius 1 is 1.43 bits per heavy atom. The molecule has 76 valence electrons. The molecule has 14 heavy (non-hydrogen) atoms. The number of hydrogen-bond acceptors (Lipinski definition) is 2. The highest BCUT2D eigenvalue weighted by Gasteiger charge is 2.18. The maximum Gasteiger partial charge on any atom is 0.0237 e. The molecular formula is C12H18N2. The highest BCUT2D eigenvalue weighted by Crippen LogP contribution is 2.14. The van der Waals surface area contributed by atoms with Crippen molar-refractivity contribution in [3.63, 3.8) is 0 Å². The van der Waals surface area contributed by atoms with Crippen LogP contribution in [0.15, 0.2) is 24.3 Å². The van der Waals surface area contributed by atoms with E-state index in [9.17, 15) is 0 Å². The predicted molar refractivity (Wildman–Crippen MR) is 59.0 cm³/mol. The van der Waals surface area contributed by atoms with E-state index in [-0.39, 0.29) is 0 Å². The molecule has 1 aliphatic heterocycles. The summed E-state index contributed by atoms with van der Waals surface area (Å²) in [7, 11) is 0. The molecule has 1 fully saturated rings. The monoisotopic (exact) mass is 190 g/mol. The fourth-order valence-corrected chi connectivity index (χ4v) is 2.03. The summed E-state index contributed by atoms with van der Waals surface area (Å²) in [5.74, 6) is 0. The van der Waals surface area contributed by atoms with Crippen molar-refractivity contribution < 1.29 is 0 Å². The standard InChI is InChI=1S/C12H18N2/c1-10-4-2-3-5-11(10)8-14-7-6-12(13)9-14/h2-5,12H,6-9,13H2,1H3/t12-/m0/s1. The number of aryl methyl sites for hydroxylation is 1. The van der Waals surface area contributed by atoms with Gasteiger partial charge in [-0.25, -0.2) is 0 Å². The van der Waals surface area contributed by atoms with Crippen LogP contribution in [0.5, 0.6) is 0 Å². The van der Waals surface area contributed by atoms with Gasteiger partial charge in [-0.1, -0.05) is 24.3 Å². The van der Waals surface area contributed by atoms with Gasteiger partial charge in [-0.05, 0) is 24.5 Å². The van der Waals surface area contributed by atoms with Crippen molar-refractivity contribution in [3.05, 3.63) is 35.4 Å². The van der Waals surface area contributed by atoms with E-state index in [1.807, 2.05) is 0 Å². The third kappa shape index (κ3) is 2.14. The molecule has 0 spiro atoms. The van der Waals surface area contributed by atoms with E-state index in [4.69, 9.17) is 5.73 Å². The molecule has 0 radical (unpaired) electrons. The zero-order valence-electron chi connectivity index (χ0n) is 8.74. The maximum atomic E-state index is 5.88. The summed E-state index contributed by atoms with van der Waals surface area (Å²) in [4.78, 5) is 2.44. The Morgan fingerprint density at radius 3 is 2.86 bits per heavy atom. The molecule has 2 N–H and O–H groups in total. The molecule has 1 atom stereocenters.